The number of halogens is 1. The molecule has 0 fully saturated rings. The molecule has 2 heterocycles. The number of aromatic nitrogens is 2. The fourth-order valence-electron chi connectivity index (χ4n) is 2.60. The van der Waals surface area contributed by atoms with Gasteiger partial charge in [0.1, 0.15) is 5.65 Å². The Kier molecular flexibility index (Phi) is 5.57. The molecule has 0 saturated heterocycles. The van der Waals surface area contributed by atoms with E-state index in [-0.39, 0.29) is 11.1 Å². The van der Waals surface area contributed by atoms with Crippen LogP contribution >= 0.6 is 11.6 Å². The van der Waals surface area contributed by atoms with Crippen molar-refractivity contribution in [3.8, 4) is 0 Å². The lowest BCUT2D eigenvalue weighted by Gasteiger charge is -2.21. The molecule has 0 N–H and O–H groups in total. The summed E-state index contributed by atoms with van der Waals surface area (Å²) in [5, 5.41) is 0.276. The number of fused-ring (bicyclic) bond motifs is 1. The number of hydrogen-bond donors (Lipinski definition) is 0. The zero-order valence-electron chi connectivity index (χ0n) is 14.9. The van der Waals surface area contributed by atoms with Gasteiger partial charge in [-0.3, -0.25) is 9.20 Å². The Labute approximate surface area is 161 Å². The maximum Gasteiger partial charge on any atom is 0.331 e. The molecule has 0 saturated carbocycles. The molecule has 0 unspecified atom stereocenters. The summed E-state index contributed by atoms with van der Waals surface area (Å²) in [4.78, 5) is 30.2. The number of imidazole rings is 1. The number of amides is 1. The van der Waals surface area contributed by atoms with Crippen LogP contribution in [0, 0.1) is 0 Å². The van der Waals surface area contributed by atoms with Crippen LogP contribution in [-0.2, 0) is 14.3 Å². The van der Waals surface area contributed by atoms with Crippen molar-refractivity contribution in [1.29, 1.82) is 0 Å². The first kappa shape index (κ1) is 18.7. The van der Waals surface area contributed by atoms with Gasteiger partial charge >= 0.3 is 5.97 Å². The van der Waals surface area contributed by atoms with E-state index in [0.29, 0.717) is 11.3 Å². The Balaban J connectivity index is 1.67. The van der Waals surface area contributed by atoms with E-state index in [1.54, 1.807) is 29.8 Å². The van der Waals surface area contributed by atoms with Gasteiger partial charge in [0.25, 0.3) is 5.91 Å². The third-order valence-electron chi connectivity index (χ3n) is 4.01. The number of benzene rings is 1. The first-order valence-corrected chi connectivity index (χ1v) is 8.69. The number of esters is 1. The quantitative estimate of drug-likeness (QED) is 0.499. The second kappa shape index (κ2) is 8.05. The highest BCUT2D eigenvalue weighted by atomic mass is 35.5. The molecule has 0 bridgehead atoms. The Morgan fingerprint density at radius 2 is 1.89 bits per heavy atom. The molecular formula is C20H18ClN3O3. The third-order valence-corrected chi connectivity index (χ3v) is 4.29. The molecule has 27 heavy (non-hydrogen) atoms. The highest BCUT2D eigenvalue weighted by Gasteiger charge is 2.21. The van der Waals surface area contributed by atoms with Crippen LogP contribution < -0.4 is 4.90 Å². The molecule has 0 aliphatic heterocycles. The van der Waals surface area contributed by atoms with Crippen molar-refractivity contribution in [1.82, 2.24) is 9.38 Å². The van der Waals surface area contributed by atoms with E-state index >= 15 is 0 Å². The number of likely N-dealkylation sites (N-methyl/N-ethyl adjacent to an activating group) is 1. The molecular weight excluding hydrogens is 366 g/mol. The average molecular weight is 384 g/mol. The number of ether oxygens (including phenoxy) is 1. The highest BCUT2D eigenvalue weighted by Crippen LogP contribution is 2.19. The Hall–Kier alpha value is -3.12. The zero-order chi connectivity index (χ0) is 19.4. The Bertz CT molecular complexity index is 998. The number of hydrogen-bond acceptors (Lipinski definition) is 4. The predicted octanol–water partition coefficient (Wildman–Crippen LogP) is 3.60. The van der Waals surface area contributed by atoms with Crippen LogP contribution in [0.15, 0.2) is 60.8 Å². The molecule has 0 radical (unpaired) electrons. The number of carbonyl (C=O) groups is 2. The summed E-state index contributed by atoms with van der Waals surface area (Å²) in [7, 11) is 1.63. The third kappa shape index (κ3) is 4.17. The number of anilines is 1. The van der Waals surface area contributed by atoms with Crippen LogP contribution in [0.4, 0.5) is 5.69 Å². The topological polar surface area (TPSA) is 63.9 Å². The van der Waals surface area contributed by atoms with Crippen molar-refractivity contribution in [2.75, 3.05) is 11.9 Å². The predicted molar refractivity (Wildman–Crippen MR) is 105 cm³/mol. The molecule has 1 aromatic carbocycles. The van der Waals surface area contributed by atoms with E-state index in [1.165, 1.54) is 24.0 Å². The van der Waals surface area contributed by atoms with Crippen molar-refractivity contribution < 1.29 is 14.3 Å². The first-order valence-electron chi connectivity index (χ1n) is 8.31. The lowest BCUT2D eigenvalue weighted by molar-refractivity contribution is -0.148. The van der Waals surface area contributed by atoms with Crippen LogP contribution in [0.5, 0.6) is 0 Å². The summed E-state index contributed by atoms with van der Waals surface area (Å²) < 4.78 is 6.97. The molecule has 0 aliphatic carbocycles. The van der Waals surface area contributed by atoms with Gasteiger partial charge in [-0.15, -0.1) is 0 Å². The fraction of sp³-hybridized carbons (Fsp3) is 0.150. The van der Waals surface area contributed by atoms with Crippen LogP contribution in [0.25, 0.3) is 11.7 Å². The minimum Gasteiger partial charge on any atom is -0.449 e. The summed E-state index contributed by atoms with van der Waals surface area (Å²) in [6.45, 7) is 1.54. The minimum atomic E-state index is -0.926. The standard InChI is InChI=1S/C20H18ClN3O3/c1-14(20(26)23(2)15-8-4-3-5-9-15)27-18(25)12-11-16-19(21)22-17-10-6-7-13-24(16)17/h3-14H,1-2H3/b12-11+/t14-/m1/s1. The first-order chi connectivity index (χ1) is 13.0. The van der Waals surface area contributed by atoms with E-state index in [9.17, 15) is 9.59 Å². The van der Waals surface area contributed by atoms with Crippen LogP contribution in [0.3, 0.4) is 0 Å². The largest absolute Gasteiger partial charge is 0.449 e. The number of pyridine rings is 1. The summed E-state index contributed by atoms with van der Waals surface area (Å²) in [5.41, 5.74) is 1.95. The minimum absolute atomic E-state index is 0.276. The van der Waals surface area contributed by atoms with Crippen molar-refractivity contribution >= 4 is 40.9 Å². The van der Waals surface area contributed by atoms with Gasteiger partial charge in [-0.05, 0) is 37.3 Å². The molecule has 138 valence electrons. The van der Waals surface area contributed by atoms with E-state index in [2.05, 4.69) is 4.98 Å². The van der Waals surface area contributed by atoms with Gasteiger partial charge < -0.3 is 9.64 Å². The monoisotopic (exact) mass is 383 g/mol. The van der Waals surface area contributed by atoms with Gasteiger partial charge in [0.2, 0.25) is 0 Å². The zero-order valence-corrected chi connectivity index (χ0v) is 15.6. The highest BCUT2D eigenvalue weighted by molar-refractivity contribution is 6.31. The van der Waals surface area contributed by atoms with Gasteiger partial charge in [0.05, 0.1) is 5.69 Å². The second-order valence-corrected chi connectivity index (χ2v) is 6.22. The van der Waals surface area contributed by atoms with Gasteiger partial charge in [-0.1, -0.05) is 35.9 Å². The van der Waals surface area contributed by atoms with Crippen LogP contribution in [-0.4, -0.2) is 34.4 Å². The lowest BCUT2D eigenvalue weighted by Crippen LogP contribution is -2.37. The van der Waals surface area contributed by atoms with Gasteiger partial charge in [-0.2, -0.15) is 0 Å². The van der Waals surface area contributed by atoms with Crippen LogP contribution in [0.2, 0.25) is 5.15 Å². The average Bonchev–Trinajstić information content (AvgIpc) is 3.00. The number of rotatable bonds is 5. The molecule has 3 aromatic rings. The molecule has 1 atom stereocenters. The summed E-state index contributed by atoms with van der Waals surface area (Å²) in [6.07, 6.45) is 3.61. The molecule has 1 amide bonds. The summed E-state index contributed by atoms with van der Waals surface area (Å²) in [6, 6.07) is 14.6. The van der Waals surface area contributed by atoms with Crippen molar-refractivity contribution in [3.63, 3.8) is 0 Å². The van der Waals surface area contributed by atoms with Gasteiger partial charge in [0.15, 0.2) is 11.3 Å². The van der Waals surface area contributed by atoms with Gasteiger partial charge in [0, 0.05) is 25.0 Å². The van der Waals surface area contributed by atoms with E-state index in [1.807, 2.05) is 36.4 Å². The van der Waals surface area contributed by atoms with Crippen LogP contribution in [0.1, 0.15) is 12.6 Å². The number of carbonyl (C=O) groups excluding carboxylic acids is 2. The maximum absolute atomic E-state index is 12.4. The molecule has 7 heteroatoms. The molecule has 3 rings (SSSR count). The molecule has 0 aliphatic rings. The molecule has 6 nitrogen and oxygen atoms in total. The Morgan fingerprint density at radius 1 is 1.19 bits per heavy atom. The Morgan fingerprint density at radius 3 is 2.63 bits per heavy atom. The molecule has 2 aromatic heterocycles. The normalized spacial score (nSPS) is 12.3. The summed E-state index contributed by atoms with van der Waals surface area (Å²) >= 11 is 6.12. The fourth-order valence-corrected chi connectivity index (χ4v) is 2.84. The molecule has 0 spiro atoms. The maximum atomic E-state index is 12.4. The number of para-hydroxylation sites is 1. The van der Waals surface area contributed by atoms with Crippen molar-refractivity contribution in [3.05, 3.63) is 71.7 Å². The summed E-state index contributed by atoms with van der Waals surface area (Å²) in [5.74, 6) is -0.963. The second-order valence-electron chi connectivity index (χ2n) is 5.86. The van der Waals surface area contributed by atoms with E-state index in [4.69, 9.17) is 16.3 Å². The lowest BCUT2D eigenvalue weighted by atomic mass is 10.2. The van der Waals surface area contributed by atoms with Gasteiger partial charge in [-0.25, -0.2) is 9.78 Å². The smallest absolute Gasteiger partial charge is 0.331 e. The van der Waals surface area contributed by atoms with Crippen molar-refractivity contribution in [2.45, 2.75) is 13.0 Å². The van der Waals surface area contributed by atoms with Crippen molar-refractivity contribution in [2.24, 2.45) is 0 Å². The van der Waals surface area contributed by atoms with E-state index < -0.39 is 12.1 Å². The number of nitrogens with zero attached hydrogens (tertiary/aromatic N) is 3. The van der Waals surface area contributed by atoms with E-state index in [0.717, 1.165) is 5.69 Å². The SMILES string of the molecule is C[C@@H](OC(=O)/C=C/c1c(Cl)nc2ccccn12)C(=O)N(C)c1ccccc1.